The van der Waals surface area contributed by atoms with Crippen LogP contribution in [0.3, 0.4) is 0 Å². The molecule has 2 aromatic carbocycles. The summed E-state index contributed by atoms with van der Waals surface area (Å²) in [7, 11) is 0. The third-order valence-electron chi connectivity index (χ3n) is 4.90. The van der Waals surface area contributed by atoms with E-state index in [1.807, 2.05) is 49.4 Å². The number of unbranched alkanes of at least 4 members (excludes halogenated alkanes) is 3. The number of carbonyl (C=O) groups excluding carboxylic acids is 2. The van der Waals surface area contributed by atoms with E-state index in [2.05, 4.69) is 22.6 Å². The Morgan fingerprint density at radius 1 is 1.07 bits per heavy atom. The summed E-state index contributed by atoms with van der Waals surface area (Å²) in [6, 6.07) is 13.6. The highest BCUT2D eigenvalue weighted by atomic mass is 127. The van der Waals surface area contributed by atoms with E-state index in [0.29, 0.717) is 26.2 Å². The Morgan fingerprint density at radius 2 is 1.83 bits per heavy atom. The minimum Gasteiger partial charge on any atom is -0.493 e. The number of benzene rings is 2. The molecule has 29 heavy (non-hydrogen) atoms. The van der Waals surface area contributed by atoms with Crippen molar-refractivity contribution in [3.8, 4) is 5.75 Å². The summed E-state index contributed by atoms with van der Waals surface area (Å²) in [6.45, 7) is 3.40. The summed E-state index contributed by atoms with van der Waals surface area (Å²) < 4.78 is 12.1. The topological polar surface area (TPSA) is 55.8 Å². The lowest BCUT2D eigenvalue weighted by Crippen LogP contribution is -2.22. The molecule has 0 saturated carbocycles. The first-order valence-corrected chi connectivity index (χ1v) is 11.2. The molecule has 0 radical (unpaired) electrons. The summed E-state index contributed by atoms with van der Waals surface area (Å²) in [5.74, 6) is 0.687. The Hall–Kier alpha value is -2.09. The van der Waals surface area contributed by atoms with E-state index in [-0.39, 0.29) is 11.9 Å². The van der Waals surface area contributed by atoms with E-state index < -0.39 is 0 Å². The van der Waals surface area contributed by atoms with Gasteiger partial charge in [0.1, 0.15) is 5.75 Å². The second-order valence-electron chi connectivity index (χ2n) is 6.97. The van der Waals surface area contributed by atoms with Gasteiger partial charge in [-0.25, -0.2) is 0 Å². The number of nitrogens with zero attached hydrogens (tertiary/aromatic N) is 1. The van der Waals surface area contributed by atoms with Crippen molar-refractivity contribution < 1.29 is 19.1 Å². The predicted octanol–water partition coefficient (Wildman–Crippen LogP) is 5.34. The molecular weight excluding hydrogens is 481 g/mol. The molecule has 0 bridgehead atoms. The van der Waals surface area contributed by atoms with E-state index >= 15 is 0 Å². The van der Waals surface area contributed by atoms with Gasteiger partial charge in [0.25, 0.3) is 5.91 Å². The van der Waals surface area contributed by atoms with Crippen molar-refractivity contribution in [2.24, 2.45) is 0 Å². The van der Waals surface area contributed by atoms with E-state index in [1.54, 1.807) is 4.90 Å². The van der Waals surface area contributed by atoms with Crippen LogP contribution in [-0.4, -0.2) is 25.1 Å². The Morgan fingerprint density at radius 3 is 2.59 bits per heavy atom. The fraction of sp³-hybridized carbons (Fsp3) is 0.391. The van der Waals surface area contributed by atoms with Crippen LogP contribution in [0.2, 0.25) is 0 Å². The zero-order valence-corrected chi connectivity index (χ0v) is 18.8. The largest absolute Gasteiger partial charge is 0.493 e. The van der Waals surface area contributed by atoms with Crippen LogP contribution in [0.25, 0.3) is 0 Å². The third kappa shape index (κ3) is 5.72. The summed E-state index contributed by atoms with van der Waals surface area (Å²) in [5, 5.41) is 0. The van der Waals surface area contributed by atoms with Gasteiger partial charge < -0.3 is 14.4 Å². The lowest BCUT2D eigenvalue weighted by Gasteiger charge is -2.16. The summed E-state index contributed by atoms with van der Waals surface area (Å²) in [6.07, 6.45) is 4.23. The van der Waals surface area contributed by atoms with Crippen LogP contribution in [-0.2, 0) is 16.1 Å². The first kappa shape index (κ1) is 21.6. The highest BCUT2D eigenvalue weighted by molar-refractivity contribution is 14.1. The molecule has 2 aromatic rings. The van der Waals surface area contributed by atoms with Crippen LogP contribution in [0.4, 0.5) is 5.69 Å². The molecule has 1 aliphatic rings. The number of ether oxygens (including phenoxy) is 2. The van der Waals surface area contributed by atoms with Gasteiger partial charge in [-0.15, -0.1) is 0 Å². The molecule has 5 nitrogen and oxygen atoms in total. The van der Waals surface area contributed by atoms with Crippen molar-refractivity contribution in [1.29, 1.82) is 0 Å². The molecule has 0 aromatic heterocycles. The molecule has 0 spiro atoms. The van der Waals surface area contributed by atoms with Gasteiger partial charge in [0.05, 0.1) is 19.8 Å². The lowest BCUT2D eigenvalue weighted by molar-refractivity contribution is -0.143. The lowest BCUT2D eigenvalue weighted by atomic mass is 10.1. The van der Waals surface area contributed by atoms with Crippen LogP contribution in [0, 0.1) is 3.57 Å². The van der Waals surface area contributed by atoms with E-state index in [0.717, 1.165) is 51.8 Å². The standard InChI is InChI=1S/C23H26INO4/c1-2-28-22(26)10-5-3-4-6-15-29-21-9-7-8-19-20(21)16-25(23(19)27)18-13-11-17(24)12-14-18/h7-9,11-14H,2-6,10,15-16H2,1H3. The Bertz CT molecular complexity index is 850. The minimum atomic E-state index is -0.119. The van der Waals surface area contributed by atoms with Crippen molar-refractivity contribution in [3.05, 3.63) is 57.2 Å². The Balaban J connectivity index is 1.49. The van der Waals surface area contributed by atoms with Gasteiger partial charge in [-0.3, -0.25) is 9.59 Å². The van der Waals surface area contributed by atoms with Crippen molar-refractivity contribution in [1.82, 2.24) is 0 Å². The first-order chi connectivity index (χ1) is 14.1. The molecule has 0 N–H and O–H groups in total. The smallest absolute Gasteiger partial charge is 0.305 e. The first-order valence-electron chi connectivity index (χ1n) is 10.1. The van der Waals surface area contributed by atoms with Gasteiger partial charge >= 0.3 is 5.97 Å². The predicted molar refractivity (Wildman–Crippen MR) is 121 cm³/mol. The number of anilines is 1. The van der Waals surface area contributed by atoms with Crippen LogP contribution >= 0.6 is 22.6 Å². The van der Waals surface area contributed by atoms with Gasteiger partial charge in [0, 0.05) is 26.8 Å². The maximum Gasteiger partial charge on any atom is 0.305 e. The highest BCUT2D eigenvalue weighted by Crippen LogP contribution is 2.34. The number of hydrogen-bond acceptors (Lipinski definition) is 4. The summed E-state index contributed by atoms with van der Waals surface area (Å²) in [5.41, 5.74) is 2.58. The normalized spacial score (nSPS) is 12.8. The molecule has 154 valence electrons. The van der Waals surface area contributed by atoms with Crippen molar-refractivity contribution >= 4 is 40.2 Å². The number of halogens is 1. The molecule has 0 saturated heterocycles. The van der Waals surface area contributed by atoms with Gasteiger partial charge in [-0.05, 0) is 78.8 Å². The number of rotatable bonds is 10. The fourth-order valence-corrected chi connectivity index (χ4v) is 3.77. The number of carbonyl (C=O) groups is 2. The van der Waals surface area contributed by atoms with Crippen molar-refractivity contribution in [2.45, 2.75) is 45.6 Å². The molecular formula is C23H26INO4. The monoisotopic (exact) mass is 507 g/mol. The summed E-state index contributed by atoms with van der Waals surface area (Å²) in [4.78, 5) is 25.9. The van der Waals surface area contributed by atoms with Gasteiger partial charge in [0.15, 0.2) is 0 Å². The third-order valence-corrected chi connectivity index (χ3v) is 5.62. The number of hydrogen-bond donors (Lipinski definition) is 0. The van der Waals surface area contributed by atoms with Crippen LogP contribution in [0.5, 0.6) is 5.75 Å². The molecule has 3 rings (SSSR count). The maximum atomic E-state index is 12.8. The molecule has 1 aliphatic heterocycles. The second kappa shape index (κ2) is 10.6. The molecule has 1 heterocycles. The van der Waals surface area contributed by atoms with Crippen molar-refractivity contribution in [3.63, 3.8) is 0 Å². The average molecular weight is 507 g/mol. The molecule has 1 amide bonds. The van der Waals surface area contributed by atoms with E-state index in [4.69, 9.17) is 9.47 Å². The zero-order chi connectivity index (χ0) is 20.6. The van der Waals surface area contributed by atoms with E-state index in [1.165, 1.54) is 0 Å². The van der Waals surface area contributed by atoms with Gasteiger partial charge in [-0.2, -0.15) is 0 Å². The SMILES string of the molecule is CCOC(=O)CCCCCCOc1cccc2c1CN(c1ccc(I)cc1)C2=O. The molecule has 0 unspecified atom stereocenters. The fourth-order valence-electron chi connectivity index (χ4n) is 3.41. The van der Waals surface area contributed by atoms with E-state index in [9.17, 15) is 9.59 Å². The Labute approximate surface area is 185 Å². The quantitative estimate of drug-likeness (QED) is 0.248. The van der Waals surface area contributed by atoms with Crippen molar-refractivity contribution in [2.75, 3.05) is 18.1 Å². The zero-order valence-electron chi connectivity index (χ0n) is 16.7. The summed E-state index contributed by atoms with van der Waals surface area (Å²) >= 11 is 2.26. The maximum absolute atomic E-state index is 12.8. The number of amides is 1. The average Bonchev–Trinajstić information content (AvgIpc) is 3.05. The van der Waals surface area contributed by atoms with Gasteiger partial charge in [0.2, 0.25) is 0 Å². The van der Waals surface area contributed by atoms with Crippen LogP contribution in [0.15, 0.2) is 42.5 Å². The van der Waals surface area contributed by atoms with Gasteiger partial charge in [-0.1, -0.05) is 18.9 Å². The molecule has 0 aliphatic carbocycles. The second-order valence-corrected chi connectivity index (χ2v) is 8.21. The number of esters is 1. The van der Waals surface area contributed by atoms with Crippen LogP contribution < -0.4 is 9.64 Å². The minimum absolute atomic E-state index is 0.0191. The Kier molecular flexibility index (Phi) is 7.91. The van der Waals surface area contributed by atoms with Crippen LogP contribution in [0.1, 0.15) is 54.9 Å². The number of fused-ring (bicyclic) bond motifs is 1. The molecule has 0 atom stereocenters. The molecule has 0 fully saturated rings. The highest BCUT2D eigenvalue weighted by Gasteiger charge is 2.30. The molecule has 6 heteroatoms.